The number of aliphatic carboxylic acids is 1. The number of nitrogens with zero attached hydrogens (tertiary/aromatic N) is 2. The molecule has 0 aliphatic heterocycles. The Morgan fingerprint density at radius 3 is 2.79 bits per heavy atom. The van der Waals surface area contributed by atoms with Crippen LogP contribution in [0.1, 0.15) is 45.4 Å². The van der Waals surface area contributed by atoms with Crippen LogP contribution in [0.5, 0.6) is 5.75 Å². The van der Waals surface area contributed by atoms with E-state index in [4.69, 9.17) is 9.84 Å². The van der Waals surface area contributed by atoms with Gasteiger partial charge in [-0.25, -0.2) is 0 Å². The molecule has 5 nitrogen and oxygen atoms in total. The summed E-state index contributed by atoms with van der Waals surface area (Å²) in [7, 11) is 0. The fourth-order valence-corrected chi connectivity index (χ4v) is 3.69. The number of carboxylic acids is 1. The van der Waals surface area contributed by atoms with Crippen LogP contribution in [0.4, 0.5) is 0 Å². The third kappa shape index (κ3) is 3.12. The monoisotopic (exact) mass is 328 g/mol. The minimum absolute atomic E-state index is 0.00198. The van der Waals surface area contributed by atoms with Gasteiger partial charge in [-0.3, -0.25) is 9.78 Å². The largest absolute Gasteiger partial charge is 0.486 e. The average Bonchev–Trinajstić information content (AvgIpc) is 3.16. The van der Waals surface area contributed by atoms with Crippen LogP contribution in [0.3, 0.4) is 0 Å². The zero-order valence-electron chi connectivity index (χ0n) is 14.1. The molecule has 0 bridgehead atoms. The lowest BCUT2D eigenvalue weighted by molar-refractivity contribution is -0.143. The highest BCUT2D eigenvalue weighted by molar-refractivity contribution is 5.77. The molecule has 2 aromatic rings. The Morgan fingerprint density at radius 1 is 1.38 bits per heavy atom. The molecule has 2 aliphatic rings. The summed E-state index contributed by atoms with van der Waals surface area (Å²) in [6.45, 7) is 3.06. The van der Waals surface area contributed by atoms with Crippen molar-refractivity contribution >= 4 is 17.0 Å². The molecule has 2 fully saturated rings. The lowest BCUT2D eigenvalue weighted by Crippen LogP contribution is -2.23. The zero-order valence-corrected chi connectivity index (χ0v) is 14.1. The highest BCUT2D eigenvalue weighted by atomic mass is 16.5. The Balaban J connectivity index is 1.48. The van der Waals surface area contributed by atoms with E-state index in [1.165, 1.54) is 0 Å². The number of carbonyl (C=O) groups is 1. The zero-order chi connectivity index (χ0) is 16.7. The van der Waals surface area contributed by atoms with Gasteiger partial charge in [0.1, 0.15) is 11.4 Å². The van der Waals surface area contributed by atoms with Gasteiger partial charge in [0.15, 0.2) is 0 Å². The predicted molar refractivity (Wildman–Crippen MR) is 91.1 cm³/mol. The first-order valence-electron chi connectivity index (χ1n) is 8.89. The van der Waals surface area contributed by atoms with Crippen molar-refractivity contribution in [3.63, 3.8) is 0 Å². The molecule has 4 rings (SSSR count). The van der Waals surface area contributed by atoms with Crippen molar-refractivity contribution in [2.24, 2.45) is 11.8 Å². The average molecular weight is 328 g/mol. The van der Waals surface area contributed by atoms with E-state index < -0.39 is 5.97 Å². The quantitative estimate of drug-likeness (QED) is 0.905. The molecule has 0 aromatic carbocycles. The van der Waals surface area contributed by atoms with Crippen LogP contribution in [0.2, 0.25) is 0 Å². The smallest absolute Gasteiger partial charge is 0.306 e. The number of carboxylic acid groups (broad SMARTS) is 1. The Morgan fingerprint density at radius 2 is 2.12 bits per heavy atom. The van der Waals surface area contributed by atoms with E-state index in [2.05, 4.69) is 28.7 Å². The van der Waals surface area contributed by atoms with Gasteiger partial charge in [0.2, 0.25) is 0 Å². The highest BCUT2D eigenvalue weighted by Gasteiger charge is 2.40. The van der Waals surface area contributed by atoms with Crippen LogP contribution in [0, 0.1) is 11.8 Å². The molecule has 0 amide bonds. The third-order valence-electron chi connectivity index (χ3n) is 5.56. The van der Waals surface area contributed by atoms with Crippen LogP contribution in [-0.2, 0) is 11.3 Å². The van der Waals surface area contributed by atoms with E-state index in [1.54, 1.807) is 0 Å². The van der Waals surface area contributed by atoms with Crippen LogP contribution in [-0.4, -0.2) is 26.2 Å². The van der Waals surface area contributed by atoms with Gasteiger partial charge in [-0.1, -0.05) is 0 Å². The van der Waals surface area contributed by atoms with E-state index in [9.17, 15) is 4.79 Å². The number of hydrogen-bond acceptors (Lipinski definition) is 3. The van der Waals surface area contributed by atoms with Crippen LogP contribution < -0.4 is 4.74 Å². The van der Waals surface area contributed by atoms with Crippen molar-refractivity contribution in [1.29, 1.82) is 0 Å². The molecule has 0 radical (unpaired) electrons. The van der Waals surface area contributed by atoms with Gasteiger partial charge in [0.25, 0.3) is 0 Å². The molecule has 2 aromatic heterocycles. The topological polar surface area (TPSA) is 64.4 Å². The highest BCUT2D eigenvalue weighted by Crippen LogP contribution is 2.40. The second-order valence-electron chi connectivity index (χ2n) is 7.65. The summed E-state index contributed by atoms with van der Waals surface area (Å²) < 4.78 is 8.28. The first-order chi connectivity index (χ1) is 11.5. The number of hydrogen-bond donors (Lipinski definition) is 1. The van der Waals surface area contributed by atoms with Crippen molar-refractivity contribution in [1.82, 2.24) is 9.55 Å². The fraction of sp³-hybridized carbons (Fsp3) is 0.579. The van der Waals surface area contributed by atoms with Gasteiger partial charge in [-0.05, 0) is 57.4 Å². The van der Waals surface area contributed by atoms with Gasteiger partial charge >= 0.3 is 5.97 Å². The van der Waals surface area contributed by atoms with Gasteiger partial charge in [0, 0.05) is 18.8 Å². The molecular weight excluding hydrogens is 304 g/mol. The van der Waals surface area contributed by atoms with Crippen LogP contribution in [0.25, 0.3) is 11.0 Å². The Bertz CT molecular complexity index is 755. The number of rotatable bonds is 5. The number of ether oxygens (including phenoxy) is 1. The molecule has 0 atom stereocenters. The SMILES string of the molecule is CC1(Oc2cnc3ccn(CC4CCC(C(=O)O)CC4)c3c2)CC1. The van der Waals surface area contributed by atoms with E-state index in [1.807, 2.05) is 12.3 Å². The predicted octanol–water partition coefficient (Wildman–Crippen LogP) is 3.86. The summed E-state index contributed by atoms with van der Waals surface area (Å²) >= 11 is 0. The minimum atomic E-state index is -0.639. The van der Waals surface area contributed by atoms with Crippen molar-refractivity contribution in [3.05, 3.63) is 24.5 Å². The number of fused-ring (bicyclic) bond motifs is 1. The maximum Gasteiger partial charge on any atom is 0.306 e. The molecule has 0 saturated heterocycles. The van der Waals surface area contributed by atoms with E-state index in [0.717, 1.165) is 61.9 Å². The Labute approximate surface area is 141 Å². The van der Waals surface area contributed by atoms with Crippen molar-refractivity contribution in [2.75, 3.05) is 0 Å². The van der Waals surface area contributed by atoms with E-state index in [0.29, 0.717) is 5.92 Å². The lowest BCUT2D eigenvalue weighted by atomic mass is 9.82. The maximum atomic E-state index is 11.1. The van der Waals surface area contributed by atoms with Crippen molar-refractivity contribution < 1.29 is 14.6 Å². The van der Waals surface area contributed by atoms with Gasteiger partial charge in [0.05, 0.1) is 23.1 Å². The minimum Gasteiger partial charge on any atom is -0.486 e. The van der Waals surface area contributed by atoms with Crippen molar-refractivity contribution in [2.45, 2.75) is 57.6 Å². The molecule has 0 spiro atoms. The molecule has 5 heteroatoms. The first-order valence-corrected chi connectivity index (χ1v) is 8.89. The molecule has 1 N–H and O–H groups in total. The van der Waals surface area contributed by atoms with Crippen LogP contribution >= 0.6 is 0 Å². The summed E-state index contributed by atoms with van der Waals surface area (Å²) in [6.07, 6.45) is 9.68. The molecule has 128 valence electrons. The Kier molecular flexibility index (Phi) is 3.74. The van der Waals surface area contributed by atoms with E-state index in [-0.39, 0.29) is 11.5 Å². The second kappa shape index (κ2) is 5.80. The van der Waals surface area contributed by atoms with Gasteiger partial charge in [-0.15, -0.1) is 0 Å². The van der Waals surface area contributed by atoms with Crippen LogP contribution in [0.15, 0.2) is 24.5 Å². The molecule has 2 aliphatic carbocycles. The Hall–Kier alpha value is -2.04. The standard InChI is InChI=1S/C19H24N2O3/c1-19(7-8-19)24-15-10-17-16(20-11-15)6-9-21(17)12-13-2-4-14(5-3-13)18(22)23/h6,9-11,13-14H,2-5,7-8,12H2,1H3,(H,22,23). The lowest BCUT2D eigenvalue weighted by Gasteiger charge is -2.26. The molecule has 2 heterocycles. The maximum absolute atomic E-state index is 11.1. The molecule has 0 unspecified atom stereocenters. The summed E-state index contributed by atoms with van der Waals surface area (Å²) in [5, 5.41) is 9.12. The van der Waals surface area contributed by atoms with E-state index >= 15 is 0 Å². The first kappa shape index (κ1) is 15.5. The molecular formula is C19H24N2O3. The van der Waals surface area contributed by atoms with Gasteiger partial charge < -0.3 is 14.4 Å². The normalized spacial score (nSPS) is 25.5. The summed E-state index contributed by atoms with van der Waals surface area (Å²) in [4.78, 5) is 15.6. The number of aromatic nitrogens is 2. The summed E-state index contributed by atoms with van der Waals surface area (Å²) in [5.41, 5.74) is 2.10. The summed E-state index contributed by atoms with van der Waals surface area (Å²) in [5.74, 6) is 0.599. The van der Waals surface area contributed by atoms with Crippen molar-refractivity contribution in [3.8, 4) is 5.75 Å². The second-order valence-corrected chi connectivity index (χ2v) is 7.65. The summed E-state index contributed by atoms with van der Waals surface area (Å²) in [6, 6.07) is 4.13. The van der Waals surface area contributed by atoms with Gasteiger partial charge in [-0.2, -0.15) is 0 Å². The molecule has 2 saturated carbocycles. The molecule has 24 heavy (non-hydrogen) atoms. The number of pyridine rings is 1. The third-order valence-corrected chi connectivity index (χ3v) is 5.56. The fourth-order valence-electron chi connectivity index (χ4n) is 3.69.